The zero-order chi connectivity index (χ0) is 42.3. The molecule has 12 atom stereocenters. The number of alkyl carbamates (subject to hydrolysis) is 1. The van der Waals surface area contributed by atoms with Crippen molar-refractivity contribution in [3.63, 3.8) is 0 Å². The van der Waals surface area contributed by atoms with Gasteiger partial charge in [0.25, 0.3) is 0 Å². The quantitative estimate of drug-likeness (QED) is 0.0900. The number of hydrogen-bond donors (Lipinski definition) is 4. The van der Waals surface area contributed by atoms with E-state index in [0.29, 0.717) is 17.6 Å². The molecule has 318 valence electrons. The Labute approximate surface area is 330 Å². The van der Waals surface area contributed by atoms with E-state index in [2.05, 4.69) is 11.9 Å². The van der Waals surface area contributed by atoms with Gasteiger partial charge >= 0.3 is 24.0 Å². The van der Waals surface area contributed by atoms with Crippen molar-refractivity contribution >= 4 is 24.0 Å². The van der Waals surface area contributed by atoms with Gasteiger partial charge in [0.2, 0.25) is 0 Å². The minimum Gasteiger partial charge on any atom is -0.463 e. The summed E-state index contributed by atoms with van der Waals surface area (Å²) in [4.78, 5) is 51.3. The number of esters is 3. The SMILES string of the molecule is C=CC1OC2CC(OCCOC(C)=O)C[C@H]3[C@H](O)C4(C(C)(C)O)C[C@H](OC(=O)C(O)[C@H](CC(C)C)NC(=O)OC(C)(C)C)C(C)=C4[C@@](C)(OC(C)=O)[C@H](O1)[C@]23C. The Morgan fingerprint density at radius 3 is 2.21 bits per heavy atom. The zero-order valence-electron chi connectivity index (χ0n) is 35.1. The first kappa shape index (κ1) is 45.6. The van der Waals surface area contributed by atoms with Crippen LogP contribution in [0.3, 0.4) is 0 Å². The molecule has 1 saturated heterocycles. The standard InChI is InChI=1S/C41H65NO14/c1-14-30-53-29-19-25(51-16-15-50-23(5)43)18-26-33(46)41(38(10,11)49)20-28(22(4)32(41)40(13,55-24(6)44)35(54-30)39(26,29)12)52-34(47)31(45)27(17-21(2)3)42-36(48)56-37(7,8)9/h14,21,25-31,33,35,45-46,49H,1,15-20H2,2-13H3,(H,42,48)/t25?,26-,27-,28-,29?,30?,31?,33-,35+,39-,40+,41?/m0/s1. The van der Waals surface area contributed by atoms with E-state index >= 15 is 0 Å². The van der Waals surface area contributed by atoms with Crippen LogP contribution in [-0.2, 0) is 47.5 Å². The number of ether oxygens (including phenoxy) is 7. The number of aliphatic hydroxyl groups is 3. The van der Waals surface area contributed by atoms with E-state index in [9.17, 15) is 34.5 Å². The van der Waals surface area contributed by atoms with Crippen LogP contribution >= 0.6 is 0 Å². The van der Waals surface area contributed by atoms with E-state index in [1.54, 1.807) is 48.5 Å². The smallest absolute Gasteiger partial charge is 0.407 e. The number of carbonyl (C=O) groups excluding carboxylic acids is 4. The second-order valence-corrected chi connectivity index (χ2v) is 18.2. The molecule has 1 heterocycles. The molecule has 0 radical (unpaired) electrons. The molecule has 3 aliphatic carbocycles. The van der Waals surface area contributed by atoms with Crippen LogP contribution in [0.15, 0.2) is 23.8 Å². The molecule has 4 N–H and O–H groups in total. The third-order valence-corrected chi connectivity index (χ3v) is 12.0. The molecular weight excluding hydrogens is 730 g/mol. The maximum absolute atomic E-state index is 13.9. The van der Waals surface area contributed by atoms with Crippen molar-refractivity contribution in [1.29, 1.82) is 0 Å². The number of amides is 1. The van der Waals surface area contributed by atoms with Gasteiger partial charge in [-0.3, -0.25) is 9.59 Å². The highest BCUT2D eigenvalue weighted by molar-refractivity contribution is 5.77. The van der Waals surface area contributed by atoms with Crippen LogP contribution in [0.25, 0.3) is 0 Å². The molecule has 4 rings (SSSR count). The Morgan fingerprint density at radius 2 is 1.68 bits per heavy atom. The van der Waals surface area contributed by atoms with Crippen LogP contribution in [0.2, 0.25) is 0 Å². The van der Waals surface area contributed by atoms with Gasteiger partial charge in [-0.1, -0.05) is 27.4 Å². The van der Waals surface area contributed by atoms with Gasteiger partial charge in [0, 0.05) is 32.1 Å². The first-order valence-electron chi connectivity index (χ1n) is 19.6. The molecule has 0 bridgehead atoms. The summed E-state index contributed by atoms with van der Waals surface area (Å²) in [6.45, 7) is 23.8. The molecule has 0 aromatic carbocycles. The molecule has 0 spiro atoms. The Balaban J connectivity index is 1.85. The summed E-state index contributed by atoms with van der Waals surface area (Å²) in [6.07, 6.45) is -6.02. The first-order chi connectivity index (χ1) is 25.7. The van der Waals surface area contributed by atoms with Gasteiger partial charge in [-0.15, -0.1) is 0 Å². The van der Waals surface area contributed by atoms with Crippen molar-refractivity contribution in [1.82, 2.24) is 5.32 Å². The Morgan fingerprint density at radius 1 is 1.04 bits per heavy atom. The van der Waals surface area contributed by atoms with Crippen molar-refractivity contribution in [2.45, 2.75) is 175 Å². The molecule has 15 nitrogen and oxygen atoms in total. The molecule has 5 unspecified atom stereocenters. The Hall–Kier alpha value is -3.08. The molecular formula is C41H65NO14. The maximum Gasteiger partial charge on any atom is 0.407 e. The normalized spacial score (nSPS) is 35.3. The molecule has 3 fully saturated rings. The first-order valence-corrected chi connectivity index (χ1v) is 19.6. The highest BCUT2D eigenvalue weighted by Crippen LogP contribution is 2.68. The summed E-state index contributed by atoms with van der Waals surface area (Å²) >= 11 is 0. The van der Waals surface area contributed by atoms with Crippen molar-refractivity contribution in [2.75, 3.05) is 13.2 Å². The van der Waals surface area contributed by atoms with E-state index < -0.39 is 107 Å². The van der Waals surface area contributed by atoms with Gasteiger partial charge in [0.1, 0.15) is 24.4 Å². The highest BCUT2D eigenvalue weighted by Gasteiger charge is 2.75. The summed E-state index contributed by atoms with van der Waals surface area (Å²) in [7, 11) is 0. The lowest BCUT2D eigenvalue weighted by molar-refractivity contribution is -0.337. The molecule has 15 heteroatoms. The third kappa shape index (κ3) is 8.82. The van der Waals surface area contributed by atoms with E-state index in [1.165, 1.54) is 19.9 Å². The number of carbonyl (C=O) groups is 4. The summed E-state index contributed by atoms with van der Waals surface area (Å²) in [5, 5.41) is 39.4. The molecule has 0 aromatic heterocycles. The Bertz CT molecular complexity index is 1530. The van der Waals surface area contributed by atoms with Gasteiger partial charge in [0.05, 0.1) is 42.0 Å². The average molecular weight is 796 g/mol. The largest absolute Gasteiger partial charge is 0.463 e. The van der Waals surface area contributed by atoms with Crippen LogP contribution in [0, 0.1) is 22.7 Å². The van der Waals surface area contributed by atoms with Gasteiger partial charge in [-0.05, 0) is 90.4 Å². The molecule has 1 aliphatic heterocycles. The maximum atomic E-state index is 13.9. The molecule has 56 heavy (non-hydrogen) atoms. The Kier molecular flexibility index (Phi) is 13.6. The second-order valence-electron chi connectivity index (χ2n) is 18.2. The monoisotopic (exact) mass is 795 g/mol. The summed E-state index contributed by atoms with van der Waals surface area (Å²) in [5.74, 6) is -2.91. The molecule has 2 saturated carbocycles. The topological polar surface area (TPSA) is 206 Å². The van der Waals surface area contributed by atoms with E-state index in [0.717, 1.165) is 0 Å². The number of nitrogens with one attached hydrogen (secondary N) is 1. The summed E-state index contributed by atoms with van der Waals surface area (Å²) in [6, 6.07) is -1.07. The van der Waals surface area contributed by atoms with E-state index in [4.69, 9.17) is 33.2 Å². The number of rotatable bonds is 13. The highest BCUT2D eigenvalue weighted by atomic mass is 16.7. The van der Waals surface area contributed by atoms with Gasteiger partial charge < -0.3 is 53.8 Å². The summed E-state index contributed by atoms with van der Waals surface area (Å²) < 4.78 is 42.2. The predicted molar refractivity (Wildman–Crippen MR) is 202 cm³/mol. The van der Waals surface area contributed by atoms with Crippen molar-refractivity contribution < 1.29 is 67.7 Å². The van der Waals surface area contributed by atoms with Crippen molar-refractivity contribution in [3.8, 4) is 0 Å². The van der Waals surface area contributed by atoms with Crippen LogP contribution in [0.5, 0.6) is 0 Å². The average Bonchev–Trinajstić information content (AvgIpc) is 3.34. The van der Waals surface area contributed by atoms with Gasteiger partial charge in [0.15, 0.2) is 18.0 Å². The van der Waals surface area contributed by atoms with Crippen LogP contribution < -0.4 is 5.32 Å². The fourth-order valence-electron chi connectivity index (χ4n) is 9.94. The van der Waals surface area contributed by atoms with Gasteiger partial charge in [-0.2, -0.15) is 0 Å². The zero-order valence-corrected chi connectivity index (χ0v) is 35.1. The fourth-order valence-corrected chi connectivity index (χ4v) is 9.94. The minimum absolute atomic E-state index is 0.0251. The lowest BCUT2D eigenvalue weighted by Crippen LogP contribution is -2.67. The number of fused-ring (bicyclic) bond motifs is 1. The van der Waals surface area contributed by atoms with Gasteiger partial charge in [-0.25, -0.2) is 9.59 Å². The minimum atomic E-state index is -1.81. The number of hydrogen-bond acceptors (Lipinski definition) is 14. The predicted octanol–water partition coefficient (Wildman–Crippen LogP) is 4.03. The van der Waals surface area contributed by atoms with E-state index in [1.807, 2.05) is 20.8 Å². The van der Waals surface area contributed by atoms with Crippen LogP contribution in [-0.4, -0.2) is 118 Å². The second kappa shape index (κ2) is 16.6. The number of aliphatic hydroxyl groups excluding tert-OH is 2. The van der Waals surface area contributed by atoms with Crippen LogP contribution in [0.1, 0.15) is 109 Å². The lowest BCUT2D eigenvalue weighted by Gasteiger charge is -2.59. The van der Waals surface area contributed by atoms with Crippen LogP contribution in [0.4, 0.5) is 4.79 Å². The molecule has 0 aromatic rings. The van der Waals surface area contributed by atoms with Crippen molar-refractivity contribution in [3.05, 3.63) is 23.8 Å². The third-order valence-electron chi connectivity index (χ3n) is 12.0. The molecule has 4 aliphatic rings. The van der Waals surface area contributed by atoms with E-state index in [-0.39, 0.29) is 38.4 Å². The molecule has 1 amide bonds. The lowest BCUT2D eigenvalue weighted by atomic mass is 9.55. The fraction of sp³-hybridized carbons (Fsp3) is 0.805. The van der Waals surface area contributed by atoms with Crippen molar-refractivity contribution in [2.24, 2.45) is 22.7 Å². The summed E-state index contributed by atoms with van der Waals surface area (Å²) in [5.41, 5.74) is -6.20.